The molecule has 0 aliphatic carbocycles. The lowest BCUT2D eigenvalue weighted by molar-refractivity contribution is -0.136. The van der Waals surface area contributed by atoms with Crippen LogP contribution in [0.3, 0.4) is 0 Å². The van der Waals surface area contributed by atoms with Crippen LogP contribution in [0.25, 0.3) is 0 Å². The first-order valence-corrected chi connectivity index (χ1v) is 5.79. The van der Waals surface area contributed by atoms with Gasteiger partial charge in [0.15, 0.2) is 0 Å². The van der Waals surface area contributed by atoms with E-state index in [1.165, 1.54) is 0 Å². The van der Waals surface area contributed by atoms with E-state index in [1.54, 1.807) is 7.05 Å². The molecule has 0 bridgehead atoms. The molecule has 0 spiro atoms. The highest BCUT2D eigenvalue weighted by Gasteiger charge is 2.27. The molecule has 0 aromatic heterocycles. The summed E-state index contributed by atoms with van der Waals surface area (Å²) in [6.45, 7) is 2.74. The minimum atomic E-state index is -0.155. The summed E-state index contributed by atoms with van der Waals surface area (Å²) in [5.41, 5.74) is 0. The van der Waals surface area contributed by atoms with E-state index in [0.717, 1.165) is 32.2 Å². The summed E-state index contributed by atoms with van der Waals surface area (Å²) in [6.07, 6.45) is 4.26. The van der Waals surface area contributed by atoms with Crippen molar-refractivity contribution >= 4 is 5.91 Å². The van der Waals surface area contributed by atoms with Gasteiger partial charge in [-0.25, -0.2) is 0 Å². The van der Waals surface area contributed by atoms with Gasteiger partial charge in [-0.1, -0.05) is 12.8 Å². The molecule has 4 heteroatoms. The number of amides is 1. The zero-order valence-corrected chi connectivity index (χ0v) is 9.70. The summed E-state index contributed by atoms with van der Waals surface area (Å²) in [5, 5.41) is 12.2. The SMILES string of the molecule is CNC(C)C(=O)N1CCCCCC1CO. The summed E-state index contributed by atoms with van der Waals surface area (Å²) >= 11 is 0. The molecule has 1 amide bonds. The normalized spacial score (nSPS) is 24.7. The lowest BCUT2D eigenvalue weighted by Gasteiger charge is -2.30. The van der Waals surface area contributed by atoms with E-state index in [0.29, 0.717) is 0 Å². The lowest BCUT2D eigenvalue weighted by atomic mass is 10.1. The van der Waals surface area contributed by atoms with E-state index in [-0.39, 0.29) is 24.6 Å². The molecule has 0 aromatic carbocycles. The smallest absolute Gasteiger partial charge is 0.239 e. The largest absolute Gasteiger partial charge is 0.394 e. The molecule has 1 aliphatic rings. The predicted octanol–water partition coefficient (Wildman–Crippen LogP) is 0.358. The van der Waals surface area contributed by atoms with Crippen LogP contribution in [0.5, 0.6) is 0 Å². The molecule has 0 saturated carbocycles. The minimum Gasteiger partial charge on any atom is -0.394 e. The van der Waals surface area contributed by atoms with Crippen LogP contribution in [0.15, 0.2) is 0 Å². The minimum absolute atomic E-state index is 0.0239. The lowest BCUT2D eigenvalue weighted by Crippen LogP contribution is -2.49. The third-order valence-corrected chi connectivity index (χ3v) is 3.17. The molecule has 88 valence electrons. The summed E-state index contributed by atoms with van der Waals surface area (Å²) in [4.78, 5) is 13.8. The van der Waals surface area contributed by atoms with E-state index >= 15 is 0 Å². The van der Waals surface area contributed by atoms with Crippen LogP contribution in [0.2, 0.25) is 0 Å². The van der Waals surface area contributed by atoms with Crippen molar-refractivity contribution in [3.63, 3.8) is 0 Å². The zero-order chi connectivity index (χ0) is 11.3. The molecule has 1 aliphatic heterocycles. The van der Waals surface area contributed by atoms with Gasteiger partial charge in [0, 0.05) is 6.54 Å². The number of hydrogen-bond acceptors (Lipinski definition) is 3. The Hall–Kier alpha value is -0.610. The molecule has 2 N–H and O–H groups in total. The van der Waals surface area contributed by atoms with Crippen molar-refractivity contribution in [2.75, 3.05) is 20.2 Å². The van der Waals surface area contributed by atoms with Crippen molar-refractivity contribution < 1.29 is 9.90 Å². The second-order valence-electron chi connectivity index (χ2n) is 4.23. The fraction of sp³-hybridized carbons (Fsp3) is 0.909. The fourth-order valence-electron chi connectivity index (χ4n) is 2.03. The van der Waals surface area contributed by atoms with Crippen LogP contribution >= 0.6 is 0 Å². The maximum absolute atomic E-state index is 12.0. The van der Waals surface area contributed by atoms with Gasteiger partial charge in [-0.15, -0.1) is 0 Å². The number of likely N-dealkylation sites (tertiary alicyclic amines) is 1. The first-order chi connectivity index (χ1) is 7.20. The number of carbonyl (C=O) groups is 1. The highest BCUT2D eigenvalue weighted by Crippen LogP contribution is 2.17. The maximum atomic E-state index is 12.0. The van der Waals surface area contributed by atoms with Crippen LogP contribution < -0.4 is 5.32 Å². The number of hydrogen-bond donors (Lipinski definition) is 2. The monoisotopic (exact) mass is 214 g/mol. The number of rotatable bonds is 3. The molecule has 1 fully saturated rings. The van der Waals surface area contributed by atoms with Crippen molar-refractivity contribution in [2.24, 2.45) is 0 Å². The summed E-state index contributed by atoms with van der Waals surface area (Å²) in [7, 11) is 1.79. The van der Waals surface area contributed by atoms with Gasteiger partial charge >= 0.3 is 0 Å². The molecule has 0 aromatic rings. The maximum Gasteiger partial charge on any atom is 0.239 e. The Morgan fingerprint density at radius 1 is 1.53 bits per heavy atom. The fourth-order valence-corrected chi connectivity index (χ4v) is 2.03. The third-order valence-electron chi connectivity index (χ3n) is 3.17. The highest BCUT2D eigenvalue weighted by atomic mass is 16.3. The van der Waals surface area contributed by atoms with Crippen molar-refractivity contribution in [3.8, 4) is 0 Å². The second-order valence-corrected chi connectivity index (χ2v) is 4.23. The quantitative estimate of drug-likeness (QED) is 0.713. The number of likely N-dealkylation sites (N-methyl/N-ethyl adjacent to an activating group) is 1. The number of aliphatic hydroxyl groups excluding tert-OH is 1. The molecule has 1 rings (SSSR count). The summed E-state index contributed by atoms with van der Waals surface area (Å²) in [5.74, 6) is 0.110. The summed E-state index contributed by atoms with van der Waals surface area (Å²) < 4.78 is 0. The predicted molar refractivity (Wildman–Crippen MR) is 59.6 cm³/mol. The van der Waals surface area contributed by atoms with Crippen LogP contribution in [-0.2, 0) is 4.79 Å². The Kier molecular flexibility index (Phi) is 5.05. The van der Waals surface area contributed by atoms with Crippen molar-refractivity contribution in [3.05, 3.63) is 0 Å². The van der Waals surface area contributed by atoms with Crippen molar-refractivity contribution in [1.82, 2.24) is 10.2 Å². The topological polar surface area (TPSA) is 52.6 Å². The zero-order valence-electron chi connectivity index (χ0n) is 9.70. The van der Waals surface area contributed by atoms with E-state index in [9.17, 15) is 9.90 Å². The van der Waals surface area contributed by atoms with E-state index in [4.69, 9.17) is 0 Å². The number of aliphatic hydroxyl groups is 1. The van der Waals surface area contributed by atoms with Crippen molar-refractivity contribution in [1.29, 1.82) is 0 Å². The Bertz CT molecular complexity index is 209. The van der Waals surface area contributed by atoms with Gasteiger partial charge in [0.25, 0.3) is 0 Å². The van der Waals surface area contributed by atoms with E-state index in [2.05, 4.69) is 5.32 Å². The van der Waals surface area contributed by atoms with Crippen LogP contribution in [0, 0.1) is 0 Å². The average Bonchev–Trinajstić information content (AvgIpc) is 2.51. The molecule has 1 heterocycles. The van der Waals surface area contributed by atoms with Gasteiger partial charge in [0.05, 0.1) is 18.7 Å². The Labute approximate surface area is 91.6 Å². The third kappa shape index (κ3) is 3.18. The number of carbonyl (C=O) groups excluding carboxylic acids is 1. The molecule has 2 atom stereocenters. The molecule has 4 nitrogen and oxygen atoms in total. The average molecular weight is 214 g/mol. The molecule has 0 radical (unpaired) electrons. The van der Waals surface area contributed by atoms with Crippen LogP contribution in [-0.4, -0.2) is 48.2 Å². The van der Waals surface area contributed by atoms with Gasteiger partial charge in [-0.2, -0.15) is 0 Å². The summed E-state index contributed by atoms with van der Waals surface area (Å²) in [6, 6.07) is -0.132. The molecule has 15 heavy (non-hydrogen) atoms. The van der Waals surface area contributed by atoms with Gasteiger partial charge < -0.3 is 15.3 Å². The molecular formula is C11H22N2O2. The Balaban J connectivity index is 2.65. The van der Waals surface area contributed by atoms with Gasteiger partial charge in [0.2, 0.25) is 5.91 Å². The van der Waals surface area contributed by atoms with Crippen LogP contribution in [0.4, 0.5) is 0 Å². The highest BCUT2D eigenvalue weighted by molar-refractivity contribution is 5.81. The number of nitrogens with zero attached hydrogens (tertiary/aromatic N) is 1. The van der Waals surface area contributed by atoms with Crippen molar-refractivity contribution in [2.45, 2.75) is 44.7 Å². The van der Waals surface area contributed by atoms with E-state index in [1.807, 2.05) is 11.8 Å². The molecular weight excluding hydrogens is 192 g/mol. The van der Waals surface area contributed by atoms with Gasteiger partial charge in [-0.3, -0.25) is 4.79 Å². The van der Waals surface area contributed by atoms with Gasteiger partial charge in [0.1, 0.15) is 0 Å². The first-order valence-electron chi connectivity index (χ1n) is 5.79. The van der Waals surface area contributed by atoms with Gasteiger partial charge in [-0.05, 0) is 26.8 Å². The second kappa shape index (κ2) is 6.08. The number of nitrogens with one attached hydrogen (secondary N) is 1. The molecule has 2 unspecified atom stereocenters. The van der Waals surface area contributed by atoms with Crippen LogP contribution in [0.1, 0.15) is 32.6 Å². The Morgan fingerprint density at radius 2 is 2.27 bits per heavy atom. The Morgan fingerprint density at radius 3 is 2.87 bits per heavy atom. The standard InChI is InChI=1S/C11H22N2O2/c1-9(12-2)11(15)13-7-5-3-4-6-10(13)8-14/h9-10,12,14H,3-8H2,1-2H3. The molecule has 1 saturated heterocycles. The van der Waals surface area contributed by atoms with E-state index < -0.39 is 0 Å². The first kappa shape index (κ1) is 12.5.